The van der Waals surface area contributed by atoms with Crippen molar-refractivity contribution in [3.63, 3.8) is 0 Å². The summed E-state index contributed by atoms with van der Waals surface area (Å²) >= 11 is 0. The third kappa shape index (κ3) is 4.42. The van der Waals surface area contributed by atoms with Crippen LogP contribution >= 0.6 is 0 Å². The van der Waals surface area contributed by atoms with E-state index < -0.39 is 0 Å². The molecule has 0 saturated carbocycles. The molecular weight excluding hydrogens is 142 g/mol. The zero-order valence-corrected chi connectivity index (χ0v) is 7.17. The van der Waals surface area contributed by atoms with Gasteiger partial charge >= 0.3 is 6.09 Å². The summed E-state index contributed by atoms with van der Waals surface area (Å²) in [5.41, 5.74) is 0. The van der Waals surface area contributed by atoms with Gasteiger partial charge in [0.1, 0.15) is 0 Å². The number of hydrogen-bond donors (Lipinski definition) is 0. The second-order valence-corrected chi connectivity index (χ2v) is 2.20. The zero-order valence-electron chi connectivity index (χ0n) is 7.17. The maximum atomic E-state index is 10.9. The van der Waals surface area contributed by atoms with Crippen LogP contribution in [0.15, 0.2) is 12.7 Å². The molecule has 0 spiro atoms. The van der Waals surface area contributed by atoms with Gasteiger partial charge in [-0.15, -0.1) is 6.58 Å². The second kappa shape index (κ2) is 5.77. The molecule has 0 fully saturated rings. The van der Waals surface area contributed by atoms with Gasteiger partial charge < -0.3 is 9.64 Å². The fraction of sp³-hybridized carbons (Fsp3) is 0.625. The molecule has 1 amide bonds. The fourth-order valence-corrected chi connectivity index (χ4v) is 0.610. The quantitative estimate of drug-likeness (QED) is 0.581. The van der Waals surface area contributed by atoms with Gasteiger partial charge in [0.15, 0.2) is 0 Å². The van der Waals surface area contributed by atoms with Gasteiger partial charge in [0, 0.05) is 13.6 Å². The van der Waals surface area contributed by atoms with E-state index in [4.69, 9.17) is 4.74 Å². The SMILES string of the molecule is C=CCCN(C)C(=O)OCC. The Morgan fingerprint density at radius 2 is 2.36 bits per heavy atom. The minimum absolute atomic E-state index is 0.269. The fourth-order valence-electron chi connectivity index (χ4n) is 0.610. The predicted octanol–water partition coefficient (Wildman–Crippen LogP) is 1.65. The maximum absolute atomic E-state index is 10.9. The molecule has 0 N–H and O–H groups in total. The molecule has 0 aromatic carbocycles. The van der Waals surface area contributed by atoms with Crippen LogP contribution in [-0.2, 0) is 4.74 Å². The lowest BCUT2D eigenvalue weighted by molar-refractivity contribution is 0.117. The molecular formula is C8H15NO2. The Balaban J connectivity index is 3.54. The molecule has 0 aliphatic carbocycles. The van der Waals surface area contributed by atoms with Gasteiger partial charge in [-0.2, -0.15) is 0 Å². The lowest BCUT2D eigenvalue weighted by Crippen LogP contribution is -2.28. The molecule has 0 atom stereocenters. The molecule has 0 saturated heterocycles. The molecule has 0 aliphatic rings. The van der Waals surface area contributed by atoms with E-state index in [1.807, 2.05) is 0 Å². The van der Waals surface area contributed by atoms with Gasteiger partial charge in [-0.25, -0.2) is 4.79 Å². The van der Waals surface area contributed by atoms with Crippen LogP contribution < -0.4 is 0 Å². The molecule has 0 radical (unpaired) electrons. The van der Waals surface area contributed by atoms with Crippen LogP contribution in [0.5, 0.6) is 0 Å². The highest BCUT2D eigenvalue weighted by Gasteiger charge is 2.06. The Kier molecular flexibility index (Phi) is 5.25. The molecule has 0 rings (SSSR count). The largest absolute Gasteiger partial charge is 0.450 e. The molecule has 11 heavy (non-hydrogen) atoms. The maximum Gasteiger partial charge on any atom is 0.409 e. The number of ether oxygens (including phenoxy) is 1. The first-order chi connectivity index (χ1) is 5.22. The lowest BCUT2D eigenvalue weighted by Gasteiger charge is -2.14. The van der Waals surface area contributed by atoms with Crippen molar-refractivity contribution in [1.29, 1.82) is 0 Å². The monoisotopic (exact) mass is 157 g/mol. The molecule has 0 aliphatic heterocycles. The summed E-state index contributed by atoms with van der Waals surface area (Å²) in [5.74, 6) is 0. The van der Waals surface area contributed by atoms with Crippen molar-refractivity contribution in [1.82, 2.24) is 4.90 Å². The average molecular weight is 157 g/mol. The first kappa shape index (κ1) is 10.0. The Hall–Kier alpha value is -0.990. The minimum Gasteiger partial charge on any atom is -0.450 e. The summed E-state index contributed by atoms with van der Waals surface area (Å²) in [7, 11) is 1.71. The van der Waals surface area contributed by atoms with Gasteiger partial charge in [0.05, 0.1) is 6.61 Å². The Morgan fingerprint density at radius 1 is 1.73 bits per heavy atom. The number of nitrogens with zero attached hydrogens (tertiary/aromatic N) is 1. The Bertz CT molecular complexity index is 134. The minimum atomic E-state index is -0.269. The van der Waals surface area contributed by atoms with Gasteiger partial charge in [0.2, 0.25) is 0 Å². The number of rotatable bonds is 4. The second-order valence-electron chi connectivity index (χ2n) is 2.20. The van der Waals surface area contributed by atoms with Crippen molar-refractivity contribution in [3.8, 4) is 0 Å². The Labute approximate surface area is 67.6 Å². The van der Waals surface area contributed by atoms with E-state index in [-0.39, 0.29) is 6.09 Å². The van der Waals surface area contributed by atoms with Crippen molar-refractivity contribution in [2.24, 2.45) is 0 Å². The van der Waals surface area contributed by atoms with Crippen LogP contribution in [0.2, 0.25) is 0 Å². The highest BCUT2D eigenvalue weighted by molar-refractivity contribution is 5.67. The highest BCUT2D eigenvalue weighted by Crippen LogP contribution is 1.92. The van der Waals surface area contributed by atoms with Crippen LogP contribution in [0, 0.1) is 0 Å². The van der Waals surface area contributed by atoms with Gasteiger partial charge in [-0.3, -0.25) is 0 Å². The van der Waals surface area contributed by atoms with E-state index in [2.05, 4.69) is 6.58 Å². The van der Waals surface area contributed by atoms with Gasteiger partial charge in [-0.05, 0) is 13.3 Å². The standard InChI is InChI=1S/C8H15NO2/c1-4-6-7-9(3)8(10)11-5-2/h4H,1,5-7H2,2-3H3. The number of amides is 1. The van der Waals surface area contributed by atoms with Crippen molar-refractivity contribution in [2.45, 2.75) is 13.3 Å². The van der Waals surface area contributed by atoms with E-state index in [9.17, 15) is 4.79 Å². The van der Waals surface area contributed by atoms with E-state index in [1.165, 1.54) is 4.90 Å². The van der Waals surface area contributed by atoms with Crippen LogP contribution in [0.4, 0.5) is 4.79 Å². The number of carbonyl (C=O) groups is 1. The van der Waals surface area contributed by atoms with Crippen LogP contribution in [0.1, 0.15) is 13.3 Å². The van der Waals surface area contributed by atoms with Crippen molar-refractivity contribution in [2.75, 3.05) is 20.2 Å². The first-order valence-electron chi connectivity index (χ1n) is 3.71. The summed E-state index contributed by atoms with van der Waals surface area (Å²) in [5, 5.41) is 0. The van der Waals surface area contributed by atoms with Crippen LogP contribution in [0.3, 0.4) is 0 Å². The van der Waals surface area contributed by atoms with Gasteiger partial charge in [0.25, 0.3) is 0 Å². The third-order valence-electron chi connectivity index (χ3n) is 1.25. The molecule has 0 aromatic rings. The Morgan fingerprint density at radius 3 is 2.82 bits per heavy atom. The van der Waals surface area contributed by atoms with Crippen molar-refractivity contribution in [3.05, 3.63) is 12.7 Å². The molecule has 0 heterocycles. The summed E-state index contributed by atoms with van der Waals surface area (Å²) in [6.45, 7) is 6.45. The average Bonchev–Trinajstić information content (AvgIpc) is 2.00. The summed E-state index contributed by atoms with van der Waals surface area (Å²) in [6.07, 6.45) is 2.31. The lowest BCUT2D eigenvalue weighted by atomic mass is 10.4. The van der Waals surface area contributed by atoms with Crippen molar-refractivity contribution < 1.29 is 9.53 Å². The molecule has 3 nitrogen and oxygen atoms in total. The van der Waals surface area contributed by atoms with E-state index in [0.717, 1.165) is 6.42 Å². The van der Waals surface area contributed by atoms with Crippen LogP contribution in [0.25, 0.3) is 0 Å². The zero-order chi connectivity index (χ0) is 8.69. The predicted molar refractivity (Wildman–Crippen MR) is 44.5 cm³/mol. The summed E-state index contributed by atoms with van der Waals surface area (Å²) in [4.78, 5) is 12.5. The van der Waals surface area contributed by atoms with E-state index in [1.54, 1.807) is 20.0 Å². The molecule has 3 heteroatoms. The molecule has 0 bridgehead atoms. The van der Waals surface area contributed by atoms with Crippen LogP contribution in [-0.4, -0.2) is 31.2 Å². The molecule has 64 valence electrons. The topological polar surface area (TPSA) is 29.5 Å². The third-order valence-corrected chi connectivity index (χ3v) is 1.25. The number of hydrogen-bond acceptors (Lipinski definition) is 2. The molecule has 0 unspecified atom stereocenters. The van der Waals surface area contributed by atoms with E-state index >= 15 is 0 Å². The smallest absolute Gasteiger partial charge is 0.409 e. The first-order valence-corrected chi connectivity index (χ1v) is 3.71. The van der Waals surface area contributed by atoms with E-state index in [0.29, 0.717) is 13.2 Å². The number of carbonyl (C=O) groups excluding carboxylic acids is 1. The molecule has 0 aromatic heterocycles. The summed E-state index contributed by atoms with van der Waals surface area (Å²) < 4.78 is 4.75. The highest BCUT2D eigenvalue weighted by atomic mass is 16.5. The normalized spacial score (nSPS) is 8.91. The summed E-state index contributed by atoms with van der Waals surface area (Å²) in [6, 6.07) is 0. The van der Waals surface area contributed by atoms with Gasteiger partial charge in [-0.1, -0.05) is 6.08 Å². The van der Waals surface area contributed by atoms with Crippen molar-refractivity contribution >= 4 is 6.09 Å².